The van der Waals surface area contributed by atoms with Crippen molar-refractivity contribution in [1.82, 2.24) is 9.55 Å². The number of aryl methyl sites for hydroxylation is 1. The van der Waals surface area contributed by atoms with E-state index in [1.54, 1.807) is 20.8 Å². The third kappa shape index (κ3) is 8.68. The quantitative estimate of drug-likeness (QED) is 0.113. The Bertz CT molecular complexity index is 1050. The van der Waals surface area contributed by atoms with Crippen molar-refractivity contribution in [3.05, 3.63) is 32.6 Å². The van der Waals surface area contributed by atoms with E-state index in [4.69, 9.17) is 23.0 Å². The van der Waals surface area contributed by atoms with Crippen molar-refractivity contribution in [2.75, 3.05) is 19.8 Å². The van der Waals surface area contributed by atoms with E-state index in [1.165, 1.54) is 13.1 Å². The molecule has 2 heterocycles. The Morgan fingerprint density at radius 2 is 1.91 bits per heavy atom. The monoisotopic (exact) mass is 548 g/mol. The summed E-state index contributed by atoms with van der Waals surface area (Å²) in [6.45, 7) is 4.85. The fourth-order valence-corrected chi connectivity index (χ4v) is 4.99. The zero-order valence-electron chi connectivity index (χ0n) is 19.0. The maximum Gasteiger partial charge on any atom is 0.472 e. The van der Waals surface area contributed by atoms with E-state index in [0.717, 1.165) is 4.57 Å². The highest BCUT2D eigenvalue weighted by Crippen LogP contribution is 2.51. The standard InChI is InChI=1S/C17H30N2O12P2S/c1-10-8-19(15(22)18-14(10)21)13-7-11(20)12(30-13)9-29-32(23,24)16(34)27-5-6-28-33(25,26)31-17(2,3)4/h8,11-13,16,20,34H,5-7,9H2,1-4H3,(H,23,24)(H,25,26)(H,18,21,22). The fourth-order valence-electron chi connectivity index (χ4n) is 2.85. The summed E-state index contributed by atoms with van der Waals surface area (Å²) in [7, 11) is -8.82. The number of nitrogens with one attached hydrogen (secondary N) is 1. The zero-order chi connectivity index (χ0) is 25.9. The summed E-state index contributed by atoms with van der Waals surface area (Å²) in [6.07, 6.45) is -1.84. The molecule has 1 saturated heterocycles. The molecule has 196 valence electrons. The Kier molecular flexibility index (Phi) is 9.93. The Hall–Kier alpha value is -0.830. The normalized spacial score (nSPS) is 25.6. The molecule has 0 aliphatic carbocycles. The Balaban J connectivity index is 1.84. The lowest BCUT2D eigenvalue weighted by molar-refractivity contribution is -0.0439. The molecule has 1 aliphatic heterocycles. The van der Waals surface area contributed by atoms with Crippen LogP contribution in [-0.2, 0) is 32.2 Å². The van der Waals surface area contributed by atoms with E-state index in [0.29, 0.717) is 0 Å². The number of nitrogens with zero attached hydrogens (tertiary/aromatic N) is 1. The first-order chi connectivity index (χ1) is 15.5. The first kappa shape index (κ1) is 29.4. The van der Waals surface area contributed by atoms with Crippen molar-refractivity contribution in [3.63, 3.8) is 0 Å². The Labute approximate surface area is 200 Å². The van der Waals surface area contributed by atoms with Gasteiger partial charge < -0.3 is 28.9 Å². The van der Waals surface area contributed by atoms with E-state index in [-0.39, 0.29) is 18.6 Å². The van der Waals surface area contributed by atoms with Gasteiger partial charge in [-0.1, -0.05) is 0 Å². The number of H-pyrrole nitrogens is 1. The van der Waals surface area contributed by atoms with E-state index in [1.807, 2.05) is 0 Å². The van der Waals surface area contributed by atoms with Crippen LogP contribution in [0, 0.1) is 6.92 Å². The lowest BCUT2D eigenvalue weighted by Crippen LogP contribution is -2.33. The average molecular weight is 548 g/mol. The first-order valence-electron chi connectivity index (χ1n) is 10.1. The van der Waals surface area contributed by atoms with Gasteiger partial charge in [0.15, 0.2) is 0 Å². The van der Waals surface area contributed by atoms with E-state index < -0.39 is 69.1 Å². The highest BCUT2D eigenvalue weighted by molar-refractivity contribution is 7.89. The second kappa shape index (κ2) is 11.5. The van der Waals surface area contributed by atoms with Crippen LogP contribution in [0.4, 0.5) is 0 Å². The number of aliphatic hydroxyl groups excluding tert-OH is 1. The molecule has 4 N–H and O–H groups in total. The molecule has 0 bridgehead atoms. The minimum Gasteiger partial charge on any atom is -0.390 e. The van der Waals surface area contributed by atoms with E-state index in [2.05, 4.69) is 17.6 Å². The summed E-state index contributed by atoms with van der Waals surface area (Å²) in [4.78, 5) is 45.3. The molecule has 0 amide bonds. The van der Waals surface area contributed by atoms with E-state index in [9.17, 15) is 33.6 Å². The molecular formula is C17H30N2O12P2S. The topological polar surface area (TPSA) is 196 Å². The van der Waals surface area contributed by atoms with Gasteiger partial charge in [0.1, 0.15) is 12.3 Å². The second-order valence-electron chi connectivity index (χ2n) is 8.47. The average Bonchev–Trinajstić information content (AvgIpc) is 3.05. The van der Waals surface area contributed by atoms with Crippen LogP contribution >= 0.6 is 28.0 Å². The number of ether oxygens (including phenoxy) is 2. The van der Waals surface area contributed by atoms with Crippen LogP contribution < -0.4 is 11.2 Å². The van der Waals surface area contributed by atoms with Crippen LogP contribution in [-0.4, -0.2) is 67.3 Å². The van der Waals surface area contributed by atoms with Gasteiger partial charge in [-0.05, 0) is 27.7 Å². The summed E-state index contributed by atoms with van der Waals surface area (Å²) in [5.74, 6) is 0. The number of aromatic nitrogens is 2. The predicted molar refractivity (Wildman–Crippen MR) is 122 cm³/mol. The van der Waals surface area contributed by atoms with Gasteiger partial charge in [-0.2, -0.15) is 0 Å². The summed E-state index contributed by atoms with van der Waals surface area (Å²) >= 11 is 3.87. The van der Waals surface area contributed by atoms with Crippen LogP contribution in [0.5, 0.6) is 0 Å². The SMILES string of the molecule is Cc1cn(C2CC(O)C(COP(=O)(O)C(S)OCCOP(=O)(O)OC(C)(C)C)O2)c(=O)[nH]c1=O. The third-order valence-electron chi connectivity index (χ3n) is 4.36. The van der Waals surface area contributed by atoms with E-state index >= 15 is 0 Å². The number of thiol groups is 1. The number of aromatic amines is 1. The van der Waals surface area contributed by atoms with Gasteiger partial charge in [0.25, 0.3) is 5.56 Å². The highest BCUT2D eigenvalue weighted by atomic mass is 32.1. The molecule has 2 rings (SSSR count). The predicted octanol–water partition coefficient (Wildman–Crippen LogP) is 0.858. The van der Waals surface area contributed by atoms with Gasteiger partial charge in [-0.15, -0.1) is 12.6 Å². The fraction of sp³-hybridized carbons (Fsp3) is 0.765. The summed E-state index contributed by atoms with van der Waals surface area (Å²) in [5.41, 5.74) is -1.94. The van der Waals surface area contributed by atoms with Gasteiger partial charge >= 0.3 is 21.1 Å². The van der Waals surface area contributed by atoms with Crippen LogP contribution in [0.2, 0.25) is 0 Å². The second-order valence-corrected chi connectivity index (χ2v) is 12.6. The number of phosphoric ester groups is 1. The van der Waals surface area contributed by atoms with Gasteiger partial charge in [0.05, 0.1) is 31.5 Å². The minimum absolute atomic E-state index is 0.0227. The molecule has 6 unspecified atom stereocenters. The van der Waals surface area contributed by atoms with Crippen LogP contribution in [0.15, 0.2) is 15.8 Å². The smallest absolute Gasteiger partial charge is 0.390 e. The maximum absolute atomic E-state index is 12.4. The first-order valence-corrected chi connectivity index (χ1v) is 13.8. The van der Waals surface area contributed by atoms with Gasteiger partial charge in [-0.25, -0.2) is 9.36 Å². The molecule has 1 fully saturated rings. The number of rotatable bonds is 11. The van der Waals surface area contributed by atoms with Crippen LogP contribution in [0.3, 0.4) is 0 Å². The number of aliphatic hydroxyl groups is 1. The largest absolute Gasteiger partial charge is 0.472 e. The summed E-state index contributed by atoms with van der Waals surface area (Å²) in [6, 6.07) is 0. The van der Waals surface area contributed by atoms with Crippen molar-refractivity contribution in [2.24, 2.45) is 0 Å². The molecule has 1 aliphatic rings. The van der Waals surface area contributed by atoms with Crippen LogP contribution in [0.1, 0.15) is 39.0 Å². The van der Waals surface area contributed by atoms with Crippen molar-refractivity contribution in [2.45, 2.75) is 63.3 Å². The molecule has 14 nitrogen and oxygen atoms in total. The van der Waals surface area contributed by atoms with Crippen molar-refractivity contribution in [3.8, 4) is 0 Å². The molecule has 1 aromatic rings. The van der Waals surface area contributed by atoms with Gasteiger partial charge in [0.2, 0.25) is 5.18 Å². The summed E-state index contributed by atoms with van der Waals surface area (Å²) < 4.78 is 50.4. The molecule has 6 atom stereocenters. The van der Waals surface area contributed by atoms with Crippen LogP contribution in [0.25, 0.3) is 0 Å². The molecule has 0 radical (unpaired) electrons. The molecule has 0 saturated carbocycles. The lowest BCUT2D eigenvalue weighted by atomic mass is 10.2. The van der Waals surface area contributed by atoms with Crippen molar-refractivity contribution in [1.29, 1.82) is 0 Å². The third-order valence-corrected chi connectivity index (χ3v) is 7.90. The Morgan fingerprint density at radius 3 is 2.53 bits per heavy atom. The zero-order valence-corrected chi connectivity index (χ0v) is 21.7. The van der Waals surface area contributed by atoms with Gasteiger partial charge in [0, 0.05) is 18.2 Å². The molecule has 17 heteroatoms. The number of phosphoric acid groups is 1. The maximum atomic E-state index is 12.4. The number of hydrogen-bond acceptors (Lipinski definition) is 11. The molecular weight excluding hydrogens is 518 g/mol. The van der Waals surface area contributed by atoms with Gasteiger partial charge in [-0.3, -0.25) is 28.0 Å². The molecule has 34 heavy (non-hydrogen) atoms. The molecule has 1 aromatic heterocycles. The van der Waals surface area contributed by atoms with Crippen molar-refractivity contribution >= 4 is 28.0 Å². The molecule has 0 aromatic carbocycles. The summed E-state index contributed by atoms with van der Waals surface area (Å²) in [5, 5.41) is 8.58. The molecule has 0 spiro atoms. The number of hydrogen-bond donors (Lipinski definition) is 5. The lowest BCUT2D eigenvalue weighted by Gasteiger charge is -2.23. The van der Waals surface area contributed by atoms with Crippen molar-refractivity contribution < 1.29 is 47.1 Å². The minimum atomic E-state index is -4.48. The highest BCUT2D eigenvalue weighted by Gasteiger charge is 2.39. The Morgan fingerprint density at radius 1 is 1.26 bits per heavy atom.